The zero-order valence-electron chi connectivity index (χ0n) is 15.7. The second-order valence-electron chi connectivity index (χ2n) is 5.80. The molecule has 0 aliphatic heterocycles. The summed E-state index contributed by atoms with van der Waals surface area (Å²) in [6.45, 7) is 1.81. The lowest BCUT2D eigenvalue weighted by Crippen LogP contribution is -2.17. The van der Waals surface area contributed by atoms with E-state index in [9.17, 15) is 8.42 Å². The minimum Gasteiger partial charge on any atom is -0.473 e. The highest BCUT2D eigenvalue weighted by atomic mass is 79.9. The van der Waals surface area contributed by atoms with Crippen molar-refractivity contribution < 1.29 is 17.9 Å². The maximum Gasteiger partial charge on any atom is 0.316 e. The summed E-state index contributed by atoms with van der Waals surface area (Å²) in [5.41, 5.74) is 1.03. The lowest BCUT2D eigenvalue weighted by molar-refractivity contribution is 0.202. The van der Waals surface area contributed by atoms with Crippen LogP contribution in [-0.4, -0.2) is 47.3 Å². The molecule has 0 bridgehead atoms. The number of ether oxygens (including phenoxy) is 2. The molecule has 0 spiro atoms. The second-order valence-corrected chi connectivity index (χ2v) is 9.16. The van der Waals surface area contributed by atoms with Crippen molar-refractivity contribution in [3.8, 4) is 23.0 Å². The Morgan fingerprint density at radius 1 is 1.03 bits per heavy atom. The summed E-state index contributed by atoms with van der Waals surface area (Å²) >= 11 is 9.22. The molecule has 3 rings (SSSR count). The molecule has 1 aromatic carbocycles. The van der Waals surface area contributed by atoms with Crippen LogP contribution in [0.3, 0.4) is 0 Å². The van der Waals surface area contributed by atoms with E-state index in [1.54, 1.807) is 36.7 Å². The van der Waals surface area contributed by atoms with E-state index in [-0.39, 0.29) is 36.7 Å². The Morgan fingerprint density at radius 2 is 1.70 bits per heavy atom. The van der Waals surface area contributed by atoms with E-state index in [4.69, 9.17) is 21.1 Å². The Balaban J connectivity index is 1.81. The normalized spacial score (nSPS) is 11.2. The van der Waals surface area contributed by atoms with E-state index in [0.29, 0.717) is 16.1 Å². The first-order valence-corrected chi connectivity index (χ1v) is 11.5. The van der Waals surface area contributed by atoms with Gasteiger partial charge in [0.15, 0.2) is 5.82 Å². The van der Waals surface area contributed by atoms with E-state index in [1.807, 2.05) is 0 Å². The van der Waals surface area contributed by atoms with Crippen LogP contribution in [0.4, 0.5) is 5.82 Å². The molecule has 0 saturated carbocycles. The van der Waals surface area contributed by atoms with Gasteiger partial charge in [-0.15, -0.1) is 0 Å². The first kappa shape index (κ1) is 22.2. The number of benzene rings is 1. The molecule has 1 N–H and O–H groups in total. The SMILES string of the molecule is CCS(=O)(=O)Nc1ncnc(OCCOc2ncc(Br)cn2)c1-c1ccc(Cl)cc1. The molecule has 2 heterocycles. The van der Waals surface area contributed by atoms with Crippen molar-refractivity contribution >= 4 is 43.4 Å². The lowest BCUT2D eigenvalue weighted by atomic mass is 10.1. The molecule has 12 heteroatoms. The summed E-state index contributed by atoms with van der Waals surface area (Å²) < 4.78 is 38.6. The number of halogens is 2. The van der Waals surface area contributed by atoms with Crippen LogP contribution in [-0.2, 0) is 10.0 Å². The van der Waals surface area contributed by atoms with Crippen LogP contribution in [0.1, 0.15) is 6.92 Å². The van der Waals surface area contributed by atoms with Gasteiger partial charge in [-0.1, -0.05) is 23.7 Å². The van der Waals surface area contributed by atoms with Gasteiger partial charge < -0.3 is 9.47 Å². The van der Waals surface area contributed by atoms with Crippen molar-refractivity contribution in [3.05, 3.63) is 52.5 Å². The number of rotatable bonds is 9. The van der Waals surface area contributed by atoms with Gasteiger partial charge in [0, 0.05) is 17.4 Å². The lowest BCUT2D eigenvalue weighted by Gasteiger charge is -2.15. The fourth-order valence-electron chi connectivity index (χ4n) is 2.30. The Morgan fingerprint density at radius 3 is 2.37 bits per heavy atom. The zero-order valence-corrected chi connectivity index (χ0v) is 18.9. The van der Waals surface area contributed by atoms with Crippen LogP contribution in [0.5, 0.6) is 11.9 Å². The maximum atomic E-state index is 12.1. The summed E-state index contributed by atoms with van der Waals surface area (Å²) in [6, 6.07) is 7.02. The topological polar surface area (TPSA) is 116 Å². The van der Waals surface area contributed by atoms with E-state index in [0.717, 1.165) is 4.47 Å². The first-order valence-electron chi connectivity index (χ1n) is 8.72. The average molecular weight is 515 g/mol. The summed E-state index contributed by atoms with van der Waals surface area (Å²) in [5.74, 6) is 0.205. The van der Waals surface area contributed by atoms with Gasteiger partial charge in [-0.05, 0) is 40.5 Å². The van der Waals surface area contributed by atoms with E-state index >= 15 is 0 Å². The molecular formula is C18H17BrClN5O4S. The van der Waals surface area contributed by atoms with Crippen molar-refractivity contribution in [1.29, 1.82) is 0 Å². The molecule has 2 aromatic heterocycles. The summed E-state index contributed by atoms with van der Waals surface area (Å²) in [5, 5.41) is 0.539. The molecule has 0 aliphatic rings. The third-order valence-corrected chi connectivity index (χ3v) is 5.65. The molecule has 0 unspecified atom stereocenters. The van der Waals surface area contributed by atoms with Gasteiger partial charge in [0.1, 0.15) is 19.5 Å². The predicted octanol–water partition coefficient (Wildman–Crippen LogP) is 3.57. The van der Waals surface area contributed by atoms with Crippen molar-refractivity contribution in [1.82, 2.24) is 19.9 Å². The molecule has 0 amide bonds. The van der Waals surface area contributed by atoms with Gasteiger partial charge in [-0.25, -0.2) is 28.4 Å². The molecule has 30 heavy (non-hydrogen) atoms. The molecule has 9 nitrogen and oxygen atoms in total. The van der Waals surface area contributed by atoms with Crippen LogP contribution in [0, 0.1) is 0 Å². The van der Waals surface area contributed by atoms with E-state index in [2.05, 4.69) is 40.6 Å². The molecule has 0 aliphatic carbocycles. The second kappa shape index (κ2) is 10.0. The van der Waals surface area contributed by atoms with E-state index < -0.39 is 10.0 Å². The molecule has 0 fully saturated rings. The molecule has 0 saturated heterocycles. The molecule has 3 aromatic rings. The summed E-state index contributed by atoms with van der Waals surface area (Å²) in [7, 11) is -3.56. The standard InChI is InChI=1S/C18H17BrClN5O4S/c1-2-30(26,27)25-16-15(12-3-5-14(20)6-4-12)17(24-11-23-16)28-7-8-29-18-21-9-13(19)10-22-18/h3-6,9-11H,2,7-8H2,1H3,(H,23,24,25). The number of hydrogen-bond acceptors (Lipinski definition) is 8. The smallest absolute Gasteiger partial charge is 0.316 e. The minimum absolute atomic E-state index is 0.103. The summed E-state index contributed by atoms with van der Waals surface area (Å²) in [4.78, 5) is 16.3. The molecule has 0 atom stereocenters. The van der Waals surface area contributed by atoms with Crippen molar-refractivity contribution in [2.24, 2.45) is 0 Å². The molecular weight excluding hydrogens is 498 g/mol. The highest BCUT2D eigenvalue weighted by molar-refractivity contribution is 9.10. The molecule has 0 radical (unpaired) electrons. The number of nitrogens with one attached hydrogen (secondary N) is 1. The largest absolute Gasteiger partial charge is 0.473 e. The van der Waals surface area contributed by atoms with Gasteiger partial charge in [0.2, 0.25) is 15.9 Å². The number of hydrogen-bond donors (Lipinski definition) is 1. The van der Waals surface area contributed by atoms with Gasteiger partial charge in [0.25, 0.3) is 0 Å². The first-order chi connectivity index (χ1) is 14.4. The number of sulfonamides is 1. The van der Waals surface area contributed by atoms with Crippen LogP contribution in [0.15, 0.2) is 47.5 Å². The molecule has 158 valence electrons. The Hall–Kier alpha value is -2.50. The number of nitrogens with zero attached hydrogens (tertiary/aromatic N) is 4. The van der Waals surface area contributed by atoms with Gasteiger partial charge in [0.05, 0.1) is 15.8 Å². The minimum atomic E-state index is -3.56. The quantitative estimate of drug-likeness (QED) is 0.431. The Kier molecular flexibility index (Phi) is 7.40. The highest BCUT2D eigenvalue weighted by Crippen LogP contribution is 2.35. The Labute approximate surface area is 187 Å². The highest BCUT2D eigenvalue weighted by Gasteiger charge is 2.19. The number of aromatic nitrogens is 4. The maximum absolute atomic E-state index is 12.1. The van der Waals surface area contributed by atoms with Gasteiger partial charge in [-0.2, -0.15) is 0 Å². The van der Waals surface area contributed by atoms with Crippen molar-refractivity contribution in [2.75, 3.05) is 23.7 Å². The van der Waals surface area contributed by atoms with Crippen molar-refractivity contribution in [3.63, 3.8) is 0 Å². The predicted molar refractivity (Wildman–Crippen MR) is 116 cm³/mol. The zero-order chi connectivity index (χ0) is 21.6. The Bertz CT molecular complexity index is 1100. The van der Waals surface area contributed by atoms with Crippen molar-refractivity contribution in [2.45, 2.75) is 6.92 Å². The van der Waals surface area contributed by atoms with Crippen LogP contribution >= 0.6 is 27.5 Å². The monoisotopic (exact) mass is 513 g/mol. The summed E-state index contributed by atoms with van der Waals surface area (Å²) in [6.07, 6.45) is 4.36. The third kappa shape index (κ3) is 6.00. The van der Waals surface area contributed by atoms with Gasteiger partial charge >= 0.3 is 6.01 Å². The van der Waals surface area contributed by atoms with E-state index in [1.165, 1.54) is 13.3 Å². The third-order valence-electron chi connectivity index (χ3n) is 3.73. The van der Waals surface area contributed by atoms with Crippen LogP contribution in [0.25, 0.3) is 11.1 Å². The van der Waals surface area contributed by atoms with Gasteiger partial charge in [-0.3, -0.25) is 4.72 Å². The van der Waals surface area contributed by atoms with Crippen LogP contribution in [0.2, 0.25) is 5.02 Å². The fourth-order valence-corrected chi connectivity index (χ4v) is 3.22. The fraction of sp³-hybridized carbons (Fsp3) is 0.222. The average Bonchev–Trinajstić information content (AvgIpc) is 2.73. The number of anilines is 1. The van der Waals surface area contributed by atoms with Crippen LogP contribution < -0.4 is 14.2 Å².